The fourth-order valence-electron chi connectivity index (χ4n) is 4.63. The van der Waals surface area contributed by atoms with Crippen molar-refractivity contribution in [1.29, 1.82) is 0 Å². The van der Waals surface area contributed by atoms with Crippen molar-refractivity contribution in [2.75, 3.05) is 30.4 Å². The molecule has 2 N–H and O–H groups in total. The summed E-state index contributed by atoms with van der Waals surface area (Å²) in [6, 6.07) is 19.3. The lowest BCUT2D eigenvalue weighted by atomic mass is 9.95. The number of hydrogen-bond acceptors (Lipinski definition) is 6. The second kappa shape index (κ2) is 12.7. The first-order chi connectivity index (χ1) is 18.8. The summed E-state index contributed by atoms with van der Waals surface area (Å²) in [6.07, 6.45) is 5.16. The molecule has 9 nitrogen and oxygen atoms in total. The second-order valence-electron chi connectivity index (χ2n) is 9.26. The summed E-state index contributed by atoms with van der Waals surface area (Å²) < 4.78 is 39.3. The lowest BCUT2D eigenvalue weighted by Crippen LogP contribution is -2.39. The van der Waals surface area contributed by atoms with Crippen molar-refractivity contribution in [1.82, 2.24) is 5.32 Å². The highest BCUT2D eigenvalue weighted by atomic mass is 32.2. The molecule has 1 saturated carbocycles. The normalized spacial score (nSPS) is 13.8. The molecule has 39 heavy (non-hydrogen) atoms. The van der Waals surface area contributed by atoms with Gasteiger partial charge in [-0.05, 0) is 49.2 Å². The van der Waals surface area contributed by atoms with Gasteiger partial charge in [0.1, 0.15) is 18.0 Å². The summed E-state index contributed by atoms with van der Waals surface area (Å²) in [7, 11) is -1.31. The quantitative estimate of drug-likeness (QED) is 0.381. The van der Waals surface area contributed by atoms with Gasteiger partial charge in [0.05, 0.1) is 36.1 Å². The smallest absolute Gasteiger partial charge is 0.264 e. The summed E-state index contributed by atoms with van der Waals surface area (Å²) in [5, 5.41) is 5.80. The molecular formula is C29H33N3O6S. The summed E-state index contributed by atoms with van der Waals surface area (Å²) >= 11 is 0. The molecule has 0 bridgehead atoms. The molecule has 2 amide bonds. The maximum atomic E-state index is 13.8. The number of sulfonamides is 1. The van der Waals surface area contributed by atoms with E-state index < -0.39 is 22.5 Å². The Balaban J connectivity index is 1.63. The van der Waals surface area contributed by atoms with Crippen molar-refractivity contribution in [2.45, 2.75) is 43.0 Å². The highest BCUT2D eigenvalue weighted by Crippen LogP contribution is 2.35. The highest BCUT2D eigenvalue weighted by molar-refractivity contribution is 7.92. The molecule has 0 heterocycles. The van der Waals surface area contributed by atoms with E-state index in [9.17, 15) is 18.0 Å². The zero-order valence-electron chi connectivity index (χ0n) is 22.1. The predicted octanol–water partition coefficient (Wildman–Crippen LogP) is 4.60. The Bertz CT molecular complexity index is 1410. The number of amides is 2. The van der Waals surface area contributed by atoms with Crippen LogP contribution in [0.15, 0.2) is 77.7 Å². The van der Waals surface area contributed by atoms with Crippen LogP contribution in [0, 0.1) is 0 Å². The Morgan fingerprint density at radius 3 is 2.28 bits per heavy atom. The Morgan fingerprint density at radius 1 is 0.897 bits per heavy atom. The predicted molar refractivity (Wildman–Crippen MR) is 150 cm³/mol. The van der Waals surface area contributed by atoms with Gasteiger partial charge >= 0.3 is 0 Å². The van der Waals surface area contributed by atoms with E-state index in [-0.39, 0.29) is 28.3 Å². The third-order valence-electron chi connectivity index (χ3n) is 6.66. The largest absolute Gasteiger partial charge is 0.497 e. The number of anilines is 2. The lowest BCUT2D eigenvalue weighted by molar-refractivity contribution is -0.114. The molecule has 0 radical (unpaired) electrons. The molecule has 4 rings (SSSR count). The molecule has 0 aliphatic heterocycles. The molecule has 206 valence electrons. The maximum absolute atomic E-state index is 13.8. The van der Waals surface area contributed by atoms with Crippen LogP contribution in [0.25, 0.3) is 0 Å². The molecule has 0 atom stereocenters. The number of para-hydroxylation sites is 1. The Kier molecular flexibility index (Phi) is 9.08. The zero-order valence-corrected chi connectivity index (χ0v) is 22.9. The van der Waals surface area contributed by atoms with Crippen LogP contribution in [0.4, 0.5) is 11.4 Å². The molecular weight excluding hydrogens is 518 g/mol. The lowest BCUT2D eigenvalue weighted by Gasteiger charge is -2.26. The van der Waals surface area contributed by atoms with Gasteiger partial charge in [-0.1, -0.05) is 49.6 Å². The minimum atomic E-state index is -4.19. The molecule has 0 aromatic heterocycles. The van der Waals surface area contributed by atoms with Crippen LogP contribution in [0.5, 0.6) is 11.5 Å². The number of carbonyl (C=O) groups is 2. The number of nitrogens with zero attached hydrogens (tertiary/aromatic N) is 1. The molecule has 3 aromatic carbocycles. The van der Waals surface area contributed by atoms with E-state index in [2.05, 4.69) is 10.6 Å². The van der Waals surface area contributed by atoms with E-state index >= 15 is 0 Å². The minimum Gasteiger partial charge on any atom is -0.497 e. The molecule has 1 aliphatic rings. The average Bonchev–Trinajstić information content (AvgIpc) is 2.96. The van der Waals surface area contributed by atoms with Gasteiger partial charge in [-0.15, -0.1) is 0 Å². The van der Waals surface area contributed by atoms with Crippen molar-refractivity contribution in [3.8, 4) is 11.5 Å². The minimum absolute atomic E-state index is 0.00920. The molecule has 0 unspecified atom stereocenters. The van der Waals surface area contributed by atoms with Crippen molar-refractivity contribution in [2.24, 2.45) is 0 Å². The molecule has 1 fully saturated rings. The number of carbonyl (C=O) groups excluding carboxylic acids is 2. The second-order valence-corrected chi connectivity index (χ2v) is 11.1. The van der Waals surface area contributed by atoms with E-state index in [4.69, 9.17) is 9.47 Å². The maximum Gasteiger partial charge on any atom is 0.264 e. The molecule has 0 spiro atoms. The summed E-state index contributed by atoms with van der Waals surface area (Å²) in [5.74, 6) is -0.266. The van der Waals surface area contributed by atoms with Gasteiger partial charge < -0.3 is 20.1 Å². The fourth-order valence-corrected chi connectivity index (χ4v) is 6.08. The summed E-state index contributed by atoms with van der Waals surface area (Å²) in [5.41, 5.74) is 0.748. The van der Waals surface area contributed by atoms with Crippen molar-refractivity contribution in [3.05, 3.63) is 78.4 Å². The fraction of sp³-hybridized carbons (Fsp3) is 0.310. The van der Waals surface area contributed by atoms with Crippen LogP contribution in [0.3, 0.4) is 0 Å². The number of rotatable bonds is 10. The van der Waals surface area contributed by atoms with Crippen LogP contribution >= 0.6 is 0 Å². The van der Waals surface area contributed by atoms with E-state index in [1.54, 1.807) is 54.6 Å². The third kappa shape index (κ3) is 6.69. The average molecular weight is 552 g/mol. The van der Waals surface area contributed by atoms with Gasteiger partial charge in [0.2, 0.25) is 5.91 Å². The Labute approximate surface area is 229 Å². The van der Waals surface area contributed by atoms with Gasteiger partial charge in [-0.25, -0.2) is 8.42 Å². The SMILES string of the molecule is COc1ccc(OC)c(N(CC(=O)Nc2ccccc2C(=O)NC2CCCCC2)S(=O)(=O)c2ccccc2)c1. The molecule has 1 aliphatic carbocycles. The number of hydrogen-bond donors (Lipinski definition) is 2. The first-order valence-corrected chi connectivity index (χ1v) is 14.3. The van der Waals surface area contributed by atoms with Crippen molar-refractivity contribution < 1.29 is 27.5 Å². The Morgan fingerprint density at radius 2 is 1.59 bits per heavy atom. The van der Waals surface area contributed by atoms with Gasteiger partial charge in [-0.2, -0.15) is 0 Å². The number of methoxy groups -OCH3 is 2. The summed E-state index contributed by atoms with van der Waals surface area (Å²) in [6.45, 7) is -0.570. The van der Waals surface area contributed by atoms with Gasteiger partial charge in [0, 0.05) is 12.1 Å². The molecule has 10 heteroatoms. The van der Waals surface area contributed by atoms with Gasteiger partial charge in [0.25, 0.3) is 15.9 Å². The van der Waals surface area contributed by atoms with Crippen LogP contribution in [0.2, 0.25) is 0 Å². The first kappa shape index (κ1) is 28.0. The van der Waals surface area contributed by atoms with Crippen LogP contribution in [-0.2, 0) is 14.8 Å². The van der Waals surface area contributed by atoms with E-state index in [0.717, 1.165) is 30.0 Å². The van der Waals surface area contributed by atoms with Crippen LogP contribution in [0.1, 0.15) is 42.5 Å². The van der Waals surface area contributed by atoms with E-state index in [1.807, 2.05) is 0 Å². The van der Waals surface area contributed by atoms with Crippen molar-refractivity contribution >= 4 is 33.2 Å². The number of ether oxygens (including phenoxy) is 2. The number of nitrogens with one attached hydrogen (secondary N) is 2. The third-order valence-corrected chi connectivity index (χ3v) is 8.43. The van der Waals surface area contributed by atoms with Gasteiger partial charge in [-0.3, -0.25) is 13.9 Å². The summed E-state index contributed by atoms with van der Waals surface area (Å²) in [4.78, 5) is 26.4. The zero-order chi connectivity index (χ0) is 27.8. The standard InChI is InChI=1S/C29H33N3O6S/c1-37-22-17-18-27(38-2)26(19-22)32(39(35,36)23-13-7-4-8-14-23)20-28(33)31-25-16-10-9-15-24(25)29(34)30-21-11-5-3-6-12-21/h4,7-10,13-19,21H,3,5-6,11-12,20H2,1-2H3,(H,30,34)(H,31,33). The highest BCUT2D eigenvalue weighted by Gasteiger charge is 2.30. The van der Waals surface area contributed by atoms with Crippen LogP contribution in [-0.4, -0.2) is 47.0 Å². The topological polar surface area (TPSA) is 114 Å². The Hall–Kier alpha value is -4.05. The molecule has 0 saturated heterocycles. The first-order valence-electron chi connectivity index (χ1n) is 12.8. The number of benzene rings is 3. The van der Waals surface area contributed by atoms with E-state index in [1.165, 1.54) is 38.8 Å². The van der Waals surface area contributed by atoms with E-state index in [0.29, 0.717) is 17.0 Å². The molecule has 3 aromatic rings. The van der Waals surface area contributed by atoms with Crippen LogP contribution < -0.4 is 24.4 Å². The van der Waals surface area contributed by atoms with Crippen molar-refractivity contribution in [3.63, 3.8) is 0 Å². The van der Waals surface area contributed by atoms with Gasteiger partial charge in [0.15, 0.2) is 0 Å². The monoisotopic (exact) mass is 551 g/mol.